The summed E-state index contributed by atoms with van der Waals surface area (Å²) in [6.07, 6.45) is 0.988. The minimum Gasteiger partial charge on any atom is -0.444 e. The van der Waals surface area contributed by atoms with Crippen molar-refractivity contribution < 1.29 is 19.1 Å². The molecule has 1 unspecified atom stereocenters. The first-order valence-electron chi connectivity index (χ1n) is 9.80. The van der Waals surface area contributed by atoms with Gasteiger partial charge >= 0.3 is 6.09 Å². The van der Waals surface area contributed by atoms with E-state index in [2.05, 4.69) is 20.3 Å². The predicted octanol–water partition coefficient (Wildman–Crippen LogP) is 1.99. The van der Waals surface area contributed by atoms with Gasteiger partial charge in [-0.1, -0.05) is 0 Å². The molecule has 1 aliphatic rings. The Kier molecular flexibility index (Phi) is 7.83. The molecule has 2 heterocycles. The second kappa shape index (κ2) is 9.91. The molecule has 3 N–H and O–H groups in total. The largest absolute Gasteiger partial charge is 0.444 e. The maximum atomic E-state index is 12.9. The monoisotopic (exact) mass is 425 g/mol. The summed E-state index contributed by atoms with van der Waals surface area (Å²) in [5.41, 5.74) is 0.721. The van der Waals surface area contributed by atoms with Gasteiger partial charge in [-0.3, -0.25) is 9.59 Å². The van der Waals surface area contributed by atoms with Gasteiger partial charge < -0.3 is 25.6 Å². The van der Waals surface area contributed by atoms with Gasteiger partial charge in [0.2, 0.25) is 5.91 Å². The van der Waals surface area contributed by atoms with Crippen LogP contribution >= 0.6 is 11.5 Å². The van der Waals surface area contributed by atoms with Crippen molar-refractivity contribution >= 4 is 34.4 Å². The van der Waals surface area contributed by atoms with Crippen LogP contribution in [0.15, 0.2) is 0 Å². The molecule has 0 aromatic carbocycles. The molecule has 1 atom stereocenters. The number of nitrogens with zero attached hydrogens (tertiary/aromatic N) is 2. The molecular weight excluding hydrogens is 394 g/mol. The van der Waals surface area contributed by atoms with Gasteiger partial charge in [-0.25, -0.2) is 4.79 Å². The number of carbonyl (C=O) groups is 3. The lowest BCUT2D eigenvalue weighted by atomic mass is 9.96. The van der Waals surface area contributed by atoms with Crippen molar-refractivity contribution in [3.63, 3.8) is 0 Å². The normalized spacial score (nSPS) is 16.9. The fraction of sp³-hybridized carbons (Fsp3) is 0.684. The number of anilines is 1. The summed E-state index contributed by atoms with van der Waals surface area (Å²) in [6.45, 7) is 8.77. The number of likely N-dealkylation sites (tertiary alicyclic amines) is 1. The van der Waals surface area contributed by atoms with Crippen molar-refractivity contribution in [3.05, 3.63) is 11.3 Å². The first-order valence-corrected chi connectivity index (χ1v) is 10.6. The second-order valence-electron chi connectivity index (χ2n) is 8.03. The van der Waals surface area contributed by atoms with Crippen LogP contribution in [0.5, 0.6) is 0 Å². The Balaban J connectivity index is 1.82. The van der Waals surface area contributed by atoms with Crippen molar-refractivity contribution in [3.8, 4) is 0 Å². The molecule has 0 spiro atoms. The van der Waals surface area contributed by atoms with E-state index < -0.39 is 11.7 Å². The highest BCUT2D eigenvalue weighted by atomic mass is 32.1. The average molecular weight is 426 g/mol. The third-order valence-electron chi connectivity index (χ3n) is 4.48. The van der Waals surface area contributed by atoms with E-state index in [1.807, 2.05) is 6.92 Å². The van der Waals surface area contributed by atoms with Crippen molar-refractivity contribution in [2.75, 3.05) is 38.5 Å². The Bertz CT molecular complexity index is 743. The number of piperidine rings is 1. The maximum absolute atomic E-state index is 12.9. The minimum absolute atomic E-state index is 0.0929. The molecule has 1 saturated heterocycles. The fourth-order valence-electron chi connectivity index (χ4n) is 3.13. The Morgan fingerprint density at radius 2 is 1.93 bits per heavy atom. The van der Waals surface area contributed by atoms with Crippen LogP contribution < -0.4 is 16.0 Å². The molecule has 10 heteroatoms. The molecule has 29 heavy (non-hydrogen) atoms. The lowest BCUT2D eigenvalue weighted by Gasteiger charge is -2.32. The second-order valence-corrected chi connectivity index (χ2v) is 8.81. The number of ether oxygens (including phenoxy) is 1. The maximum Gasteiger partial charge on any atom is 0.407 e. The van der Waals surface area contributed by atoms with Crippen LogP contribution in [0.3, 0.4) is 0 Å². The standard InChI is InChI=1S/C19H31N5O4S/c1-12-14(16(20-5)29-23-12)17(26)24-10-6-7-13(11-24)15(25)21-8-9-22-18(27)28-19(2,3)4/h13,20H,6-11H2,1-5H3,(H,21,25)(H,22,27). The summed E-state index contributed by atoms with van der Waals surface area (Å²) in [4.78, 5) is 38.8. The molecule has 1 fully saturated rings. The summed E-state index contributed by atoms with van der Waals surface area (Å²) >= 11 is 1.26. The molecular formula is C19H31N5O4S. The van der Waals surface area contributed by atoms with Gasteiger partial charge in [0.05, 0.1) is 17.2 Å². The number of aryl methyl sites for hydroxylation is 1. The third kappa shape index (κ3) is 6.59. The SMILES string of the molecule is CNc1snc(C)c1C(=O)N1CCCC(C(=O)NCCNC(=O)OC(C)(C)C)C1. The van der Waals surface area contributed by atoms with Gasteiger partial charge in [0.1, 0.15) is 10.6 Å². The lowest BCUT2D eigenvalue weighted by Crippen LogP contribution is -2.46. The summed E-state index contributed by atoms with van der Waals surface area (Å²) in [5.74, 6) is -0.466. The van der Waals surface area contributed by atoms with E-state index in [4.69, 9.17) is 4.74 Å². The Labute approximate surface area is 175 Å². The van der Waals surface area contributed by atoms with Gasteiger partial charge in [0.15, 0.2) is 0 Å². The van der Waals surface area contributed by atoms with Crippen LogP contribution in [0.1, 0.15) is 49.7 Å². The molecule has 0 bridgehead atoms. The highest BCUT2D eigenvalue weighted by Crippen LogP contribution is 2.27. The predicted molar refractivity (Wildman–Crippen MR) is 112 cm³/mol. The van der Waals surface area contributed by atoms with E-state index in [1.54, 1.807) is 32.7 Å². The number of amides is 3. The first kappa shape index (κ1) is 22.9. The van der Waals surface area contributed by atoms with Crippen LogP contribution in [0.25, 0.3) is 0 Å². The number of carbonyl (C=O) groups excluding carboxylic acids is 3. The summed E-state index contributed by atoms with van der Waals surface area (Å²) in [5, 5.41) is 9.19. The summed E-state index contributed by atoms with van der Waals surface area (Å²) in [7, 11) is 1.77. The molecule has 1 aromatic rings. The van der Waals surface area contributed by atoms with E-state index in [1.165, 1.54) is 11.5 Å². The number of nitrogens with one attached hydrogen (secondary N) is 3. The number of rotatable bonds is 6. The van der Waals surface area contributed by atoms with Gasteiger partial charge in [-0.2, -0.15) is 4.37 Å². The van der Waals surface area contributed by atoms with Crippen molar-refractivity contribution in [2.45, 2.75) is 46.1 Å². The fourth-order valence-corrected chi connectivity index (χ4v) is 3.87. The molecule has 0 aliphatic carbocycles. The van der Waals surface area contributed by atoms with Gasteiger partial charge in [0, 0.05) is 33.2 Å². The van der Waals surface area contributed by atoms with E-state index >= 15 is 0 Å². The van der Waals surface area contributed by atoms with E-state index in [-0.39, 0.29) is 24.3 Å². The third-order valence-corrected chi connectivity index (χ3v) is 5.43. The number of hydrogen-bond donors (Lipinski definition) is 3. The van der Waals surface area contributed by atoms with Crippen LogP contribution in [0, 0.1) is 12.8 Å². The van der Waals surface area contributed by atoms with Gasteiger partial charge in [-0.15, -0.1) is 0 Å². The number of alkyl carbamates (subject to hydrolysis) is 1. The molecule has 1 aromatic heterocycles. The lowest BCUT2D eigenvalue weighted by molar-refractivity contribution is -0.126. The molecule has 2 rings (SSSR count). The zero-order valence-corrected chi connectivity index (χ0v) is 18.6. The van der Waals surface area contributed by atoms with Crippen LogP contribution in [0.2, 0.25) is 0 Å². The Morgan fingerprint density at radius 3 is 2.59 bits per heavy atom. The minimum atomic E-state index is -0.561. The Hall–Kier alpha value is -2.36. The number of aromatic nitrogens is 1. The van der Waals surface area contributed by atoms with Gasteiger partial charge in [0.25, 0.3) is 5.91 Å². The van der Waals surface area contributed by atoms with Crippen molar-refractivity contribution in [1.82, 2.24) is 19.9 Å². The van der Waals surface area contributed by atoms with E-state index in [0.29, 0.717) is 30.9 Å². The van der Waals surface area contributed by atoms with Crippen LogP contribution in [-0.4, -0.2) is 66.0 Å². The zero-order valence-electron chi connectivity index (χ0n) is 17.8. The molecule has 162 valence electrons. The first-order chi connectivity index (χ1) is 13.6. The highest BCUT2D eigenvalue weighted by molar-refractivity contribution is 7.10. The zero-order chi connectivity index (χ0) is 21.6. The molecule has 9 nitrogen and oxygen atoms in total. The molecule has 0 saturated carbocycles. The number of hydrogen-bond acceptors (Lipinski definition) is 7. The van der Waals surface area contributed by atoms with Crippen LogP contribution in [-0.2, 0) is 9.53 Å². The van der Waals surface area contributed by atoms with Gasteiger partial charge in [-0.05, 0) is 52.1 Å². The molecule has 1 aliphatic heterocycles. The average Bonchev–Trinajstić information content (AvgIpc) is 3.03. The van der Waals surface area contributed by atoms with Crippen LogP contribution in [0.4, 0.5) is 9.80 Å². The van der Waals surface area contributed by atoms with Crippen molar-refractivity contribution in [2.24, 2.45) is 5.92 Å². The Morgan fingerprint density at radius 1 is 1.24 bits per heavy atom. The highest BCUT2D eigenvalue weighted by Gasteiger charge is 2.31. The quantitative estimate of drug-likeness (QED) is 0.601. The van der Waals surface area contributed by atoms with E-state index in [9.17, 15) is 14.4 Å². The molecule has 0 radical (unpaired) electrons. The van der Waals surface area contributed by atoms with E-state index in [0.717, 1.165) is 17.8 Å². The topological polar surface area (TPSA) is 113 Å². The summed E-state index contributed by atoms with van der Waals surface area (Å²) < 4.78 is 9.40. The summed E-state index contributed by atoms with van der Waals surface area (Å²) in [6, 6.07) is 0. The smallest absolute Gasteiger partial charge is 0.407 e. The van der Waals surface area contributed by atoms with Crippen molar-refractivity contribution in [1.29, 1.82) is 0 Å². The molecule has 3 amide bonds.